The standard InChI is InChI=1S/C10H17F3N2O.ClH/c11-10(12,13)6-7-15-8(16)9(14)4-2-1-3-5-9;/h1-7,14H2,(H,15,16);1H. The molecule has 3 N–H and O–H groups in total. The molecule has 7 heteroatoms. The number of nitrogens with one attached hydrogen (secondary N) is 1. The fraction of sp³-hybridized carbons (Fsp3) is 0.900. The molecule has 1 saturated carbocycles. The highest BCUT2D eigenvalue weighted by Crippen LogP contribution is 2.26. The summed E-state index contributed by atoms with van der Waals surface area (Å²) in [7, 11) is 0. The molecule has 1 rings (SSSR count). The molecule has 1 fully saturated rings. The van der Waals surface area contributed by atoms with Crippen LogP contribution in [0.2, 0.25) is 0 Å². The summed E-state index contributed by atoms with van der Waals surface area (Å²) < 4.78 is 35.6. The molecular weight excluding hydrogens is 257 g/mol. The smallest absolute Gasteiger partial charge is 0.354 e. The van der Waals surface area contributed by atoms with Gasteiger partial charge in [-0.05, 0) is 12.8 Å². The van der Waals surface area contributed by atoms with Crippen LogP contribution in [0.25, 0.3) is 0 Å². The summed E-state index contributed by atoms with van der Waals surface area (Å²) >= 11 is 0. The molecule has 0 unspecified atom stereocenters. The molecule has 0 saturated heterocycles. The first-order valence-electron chi connectivity index (χ1n) is 5.47. The van der Waals surface area contributed by atoms with Crippen LogP contribution in [0.3, 0.4) is 0 Å². The maximum Gasteiger partial charge on any atom is 0.390 e. The van der Waals surface area contributed by atoms with Crippen LogP contribution in [-0.2, 0) is 4.79 Å². The van der Waals surface area contributed by atoms with E-state index in [9.17, 15) is 18.0 Å². The Bertz CT molecular complexity index is 252. The van der Waals surface area contributed by atoms with Gasteiger partial charge in [-0.25, -0.2) is 0 Å². The van der Waals surface area contributed by atoms with E-state index in [0.717, 1.165) is 19.3 Å². The Morgan fingerprint density at radius 2 is 1.76 bits per heavy atom. The molecule has 17 heavy (non-hydrogen) atoms. The third kappa shape index (κ3) is 5.59. The molecule has 0 spiro atoms. The van der Waals surface area contributed by atoms with Crippen LogP contribution in [-0.4, -0.2) is 24.2 Å². The predicted molar refractivity (Wildman–Crippen MR) is 60.9 cm³/mol. The SMILES string of the molecule is Cl.NC1(C(=O)NCCC(F)(F)F)CCCCC1. The summed E-state index contributed by atoms with van der Waals surface area (Å²) in [5.41, 5.74) is 4.90. The van der Waals surface area contributed by atoms with Gasteiger partial charge in [0.25, 0.3) is 0 Å². The number of nitrogens with two attached hydrogens (primary N) is 1. The number of rotatable bonds is 3. The van der Waals surface area contributed by atoms with Gasteiger partial charge in [0, 0.05) is 6.54 Å². The Hall–Kier alpha value is -0.490. The fourth-order valence-electron chi connectivity index (χ4n) is 1.90. The highest BCUT2D eigenvalue weighted by atomic mass is 35.5. The fourth-order valence-corrected chi connectivity index (χ4v) is 1.90. The second kappa shape index (κ2) is 6.44. The summed E-state index contributed by atoms with van der Waals surface area (Å²) in [5.74, 6) is -0.448. The average molecular weight is 275 g/mol. The molecule has 3 nitrogen and oxygen atoms in total. The first kappa shape index (κ1) is 16.5. The van der Waals surface area contributed by atoms with Crippen molar-refractivity contribution >= 4 is 18.3 Å². The van der Waals surface area contributed by atoms with Crippen LogP contribution in [0.1, 0.15) is 38.5 Å². The number of alkyl halides is 3. The van der Waals surface area contributed by atoms with E-state index >= 15 is 0 Å². The van der Waals surface area contributed by atoms with Gasteiger partial charge in [-0.2, -0.15) is 13.2 Å². The topological polar surface area (TPSA) is 55.1 Å². The Kier molecular flexibility index (Phi) is 6.26. The van der Waals surface area contributed by atoms with Gasteiger partial charge >= 0.3 is 6.18 Å². The summed E-state index contributed by atoms with van der Waals surface area (Å²) in [6.45, 7) is -0.388. The molecule has 0 bridgehead atoms. The minimum atomic E-state index is -4.23. The van der Waals surface area contributed by atoms with E-state index in [1.807, 2.05) is 0 Å². The van der Waals surface area contributed by atoms with E-state index < -0.39 is 24.0 Å². The first-order chi connectivity index (χ1) is 7.33. The van der Waals surface area contributed by atoms with E-state index in [4.69, 9.17) is 5.73 Å². The van der Waals surface area contributed by atoms with E-state index in [2.05, 4.69) is 5.32 Å². The zero-order valence-electron chi connectivity index (χ0n) is 9.48. The maximum absolute atomic E-state index is 11.9. The van der Waals surface area contributed by atoms with Gasteiger partial charge in [0.05, 0.1) is 12.0 Å². The van der Waals surface area contributed by atoms with Crippen LogP contribution in [0.15, 0.2) is 0 Å². The number of amides is 1. The van der Waals surface area contributed by atoms with E-state index in [1.165, 1.54) is 0 Å². The van der Waals surface area contributed by atoms with Crippen LogP contribution < -0.4 is 11.1 Å². The van der Waals surface area contributed by atoms with Crippen LogP contribution in [0, 0.1) is 0 Å². The van der Waals surface area contributed by atoms with Crippen molar-refractivity contribution in [3.05, 3.63) is 0 Å². The van der Waals surface area contributed by atoms with Crippen LogP contribution >= 0.6 is 12.4 Å². The van der Waals surface area contributed by atoms with Gasteiger partial charge < -0.3 is 11.1 Å². The molecule has 0 radical (unpaired) electrons. The highest BCUT2D eigenvalue weighted by Gasteiger charge is 2.35. The second-order valence-corrected chi connectivity index (χ2v) is 4.34. The van der Waals surface area contributed by atoms with Crippen molar-refractivity contribution in [1.29, 1.82) is 0 Å². The highest BCUT2D eigenvalue weighted by molar-refractivity contribution is 5.86. The van der Waals surface area contributed by atoms with E-state index in [-0.39, 0.29) is 19.0 Å². The number of carbonyl (C=O) groups is 1. The predicted octanol–water partition coefficient (Wildman–Crippen LogP) is 2.14. The van der Waals surface area contributed by atoms with Crippen molar-refractivity contribution in [2.45, 2.75) is 50.2 Å². The van der Waals surface area contributed by atoms with Crippen molar-refractivity contribution in [3.8, 4) is 0 Å². The average Bonchev–Trinajstić information content (AvgIpc) is 2.16. The van der Waals surface area contributed by atoms with E-state index in [1.54, 1.807) is 0 Å². The molecule has 1 aliphatic carbocycles. The third-order valence-electron chi connectivity index (χ3n) is 2.89. The van der Waals surface area contributed by atoms with Crippen LogP contribution in [0.4, 0.5) is 13.2 Å². The van der Waals surface area contributed by atoms with Gasteiger partial charge in [-0.1, -0.05) is 19.3 Å². The Morgan fingerprint density at radius 3 is 2.24 bits per heavy atom. The molecule has 1 aliphatic rings. The normalized spacial score (nSPS) is 19.3. The first-order valence-corrected chi connectivity index (χ1v) is 5.47. The van der Waals surface area contributed by atoms with Crippen molar-refractivity contribution in [2.24, 2.45) is 5.73 Å². The Labute approximate surface area is 105 Å². The summed E-state index contributed by atoms with van der Waals surface area (Å²) in [4.78, 5) is 11.6. The molecular formula is C10H18ClF3N2O. The minimum Gasteiger partial charge on any atom is -0.354 e. The summed E-state index contributed by atoms with van der Waals surface area (Å²) in [6, 6.07) is 0. The van der Waals surface area contributed by atoms with Crippen molar-refractivity contribution in [2.75, 3.05) is 6.54 Å². The molecule has 0 aromatic rings. The van der Waals surface area contributed by atoms with Gasteiger partial charge in [0.1, 0.15) is 0 Å². The lowest BCUT2D eigenvalue weighted by Crippen LogP contribution is -2.55. The third-order valence-corrected chi connectivity index (χ3v) is 2.89. The Balaban J connectivity index is 0.00000256. The van der Waals surface area contributed by atoms with Crippen molar-refractivity contribution in [3.63, 3.8) is 0 Å². The lowest BCUT2D eigenvalue weighted by Gasteiger charge is -2.31. The molecule has 102 valence electrons. The largest absolute Gasteiger partial charge is 0.390 e. The van der Waals surface area contributed by atoms with Crippen molar-refractivity contribution < 1.29 is 18.0 Å². The minimum absolute atomic E-state index is 0. The van der Waals surface area contributed by atoms with Gasteiger partial charge in [-0.3, -0.25) is 4.79 Å². The lowest BCUT2D eigenvalue weighted by molar-refractivity contribution is -0.137. The number of carbonyl (C=O) groups excluding carboxylic acids is 1. The van der Waals surface area contributed by atoms with Gasteiger partial charge in [-0.15, -0.1) is 12.4 Å². The second-order valence-electron chi connectivity index (χ2n) is 4.34. The molecule has 0 aromatic heterocycles. The van der Waals surface area contributed by atoms with Crippen LogP contribution in [0.5, 0.6) is 0 Å². The lowest BCUT2D eigenvalue weighted by atomic mass is 9.82. The Morgan fingerprint density at radius 1 is 1.24 bits per heavy atom. The number of halogens is 4. The summed E-state index contributed by atoms with van der Waals surface area (Å²) in [5, 5.41) is 2.27. The molecule has 0 atom stereocenters. The zero-order chi connectivity index (χ0) is 12.2. The number of hydrogen-bond donors (Lipinski definition) is 2. The molecule has 1 amide bonds. The zero-order valence-corrected chi connectivity index (χ0v) is 10.3. The quantitative estimate of drug-likeness (QED) is 0.828. The number of hydrogen-bond acceptors (Lipinski definition) is 2. The maximum atomic E-state index is 11.9. The van der Waals surface area contributed by atoms with Crippen molar-refractivity contribution in [1.82, 2.24) is 5.32 Å². The molecule has 0 heterocycles. The molecule has 0 aromatic carbocycles. The monoisotopic (exact) mass is 274 g/mol. The van der Waals surface area contributed by atoms with Gasteiger partial charge in [0.2, 0.25) is 5.91 Å². The summed E-state index contributed by atoms with van der Waals surface area (Å²) in [6.07, 6.45) is -1.35. The molecule has 0 aliphatic heterocycles. The van der Waals surface area contributed by atoms with E-state index in [0.29, 0.717) is 12.8 Å². The van der Waals surface area contributed by atoms with Gasteiger partial charge in [0.15, 0.2) is 0 Å².